The van der Waals surface area contributed by atoms with Gasteiger partial charge in [0.1, 0.15) is 18.1 Å². The van der Waals surface area contributed by atoms with Crippen LogP contribution in [0.5, 0.6) is 5.75 Å². The lowest BCUT2D eigenvalue weighted by Crippen LogP contribution is -2.19. The summed E-state index contributed by atoms with van der Waals surface area (Å²) in [4.78, 5) is 28.1. The maximum atomic E-state index is 12.8. The standard InChI is InChI=1S/C24H18ClF3N4O3S/c1-29-22(33)19-8-13(6-7-30-19)12-35-16-4-2-14-9-21(36-20(14)11-16)32-23(34)31-15-3-5-17(18(25)10-15)24(26,27)28/h2-11H,12H2,1H3,(H,29,33)(H2,31,32,34). The molecule has 0 radical (unpaired) electrons. The van der Waals surface area contributed by atoms with Crippen LogP contribution in [0.15, 0.2) is 60.8 Å². The van der Waals surface area contributed by atoms with E-state index >= 15 is 0 Å². The number of benzene rings is 2. The number of nitrogens with one attached hydrogen (secondary N) is 3. The van der Waals surface area contributed by atoms with Crippen LogP contribution in [0.4, 0.5) is 28.7 Å². The van der Waals surface area contributed by atoms with Crippen LogP contribution in [0.2, 0.25) is 5.02 Å². The molecule has 0 saturated carbocycles. The van der Waals surface area contributed by atoms with Crippen LogP contribution in [0.1, 0.15) is 21.6 Å². The third-order valence-corrected chi connectivity index (χ3v) is 6.28. The van der Waals surface area contributed by atoms with Crippen LogP contribution in [0.25, 0.3) is 10.1 Å². The average molecular weight is 535 g/mol. The summed E-state index contributed by atoms with van der Waals surface area (Å²) >= 11 is 7.00. The molecule has 0 aliphatic carbocycles. The summed E-state index contributed by atoms with van der Waals surface area (Å²) in [6.45, 7) is 0.229. The van der Waals surface area contributed by atoms with Gasteiger partial charge in [0.2, 0.25) is 0 Å². The van der Waals surface area contributed by atoms with Crippen molar-refractivity contribution in [3.8, 4) is 5.75 Å². The van der Waals surface area contributed by atoms with Crippen molar-refractivity contribution in [2.45, 2.75) is 12.8 Å². The highest BCUT2D eigenvalue weighted by Gasteiger charge is 2.33. The van der Waals surface area contributed by atoms with Crippen molar-refractivity contribution in [3.63, 3.8) is 0 Å². The molecule has 186 valence electrons. The molecule has 0 aliphatic heterocycles. The number of fused-ring (bicyclic) bond motifs is 1. The lowest BCUT2D eigenvalue weighted by atomic mass is 10.2. The number of pyridine rings is 1. The average Bonchev–Trinajstić information content (AvgIpc) is 3.22. The van der Waals surface area contributed by atoms with Crippen molar-refractivity contribution >= 4 is 55.7 Å². The fraction of sp³-hybridized carbons (Fsp3) is 0.125. The van der Waals surface area contributed by atoms with Crippen molar-refractivity contribution in [2.75, 3.05) is 17.7 Å². The van der Waals surface area contributed by atoms with E-state index in [0.29, 0.717) is 16.4 Å². The van der Waals surface area contributed by atoms with Gasteiger partial charge in [0.15, 0.2) is 0 Å². The van der Waals surface area contributed by atoms with Gasteiger partial charge in [-0.15, -0.1) is 11.3 Å². The molecule has 4 aromatic rings. The minimum Gasteiger partial charge on any atom is -0.489 e. The zero-order valence-electron chi connectivity index (χ0n) is 18.6. The number of nitrogens with zero attached hydrogens (tertiary/aromatic N) is 1. The molecule has 2 aromatic carbocycles. The fourth-order valence-corrected chi connectivity index (χ4v) is 4.52. The summed E-state index contributed by atoms with van der Waals surface area (Å²) < 4.78 is 45.2. The second-order valence-corrected chi connectivity index (χ2v) is 8.99. The molecule has 0 fully saturated rings. The molecule has 0 bridgehead atoms. The Morgan fingerprint density at radius 2 is 1.86 bits per heavy atom. The Morgan fingerprint density at radius 1 is 1.06 bits per heavy atom. The number of thiophene rings is 1. The van der Waals surface area contributed by atoms with Crippen molar-refractivity contribution < 1.29 is 27.5 Å². The lowest BCUT2D eigenvalue weighted by Gasteiger charge is -2.11. The first-order valence-electron chi connectivity index (χ1n) is 10.4. The van der Waals surface area contributed by atoms with Crippen LogP contribution in [-0.4, -0.2) is 24.0 Å². The molecular weight excluding hydrogens is 517 g/mol. The van der Waals surface area contributed by atoms with Crippen molar-refractivity contribution in [1.82, 2.24) is 10.3 Å². The number of anilines is 2. The minimum absolute atomic E-state index is 0.123. The number of hydrogen-bond acceptors (Lipinski definition) is 5. The van der Waals surface area contributed by atoms with Gasteiger partial charge in [-0.2, -0.15) is 13.2 Å². The largest absolute Gasteiger partial charge is 0.489 e. The Balaban J connectivity index is 1.39. The van der Waals surface area contributed by atoms with E-state index in [4.69, 9.17) is 16.3 Å². The second kappa shape index (κ2) is 10.4. The molecule has 0 aliphatic rings. The molecule has 2 aromatic heterocycles. The Bertz CT molecular complexity index is 1440. The normalized spacial score (nSPS) is 11.2. The van der Waals surface area contributed by atoms with E-state index in [1.54, 1.807) is 24.3 Å². The van der Waals surface area contributed by atoms with Gasteiger partial charge < -0.3 is 15.4 Å². The molecule has 7 nitrogen and oxygen atoms in total. The predicted molar refractivity (Wildman–Crippen MR) is 133 cm³/mol. The number of ether oxygens (including phenoxy) is 1. The number of amides is 3. The van der Waals surface area contributed by atoms with Crippen molar-refractivity contribution in [2.24, 2.45) is 0 Å². The van der Waals surface area contributed by atoms with E-state index in [2.05, 4.69) is 20.9 Å². The lowest BCUT2D eigenvalue weighted by molar-refractivity contribution is -0.137. The topological polar surface area (TPSA) is 92.4 Å². The van der Waals surface area contributed by atoms with Gasteiger partial charge in [-0.1, -0.05) is 11.6 Å². The highest BCUT2D eigenvalue weighted by Crippen LogP contribution is 2.36. The summed E-state index contributed by atoms with van der Waals surface area (Å²) in [6, 6.07) is 13.0. The van der Waals surface area contributed by atoms with Crippen molar-refractivity contribution in [1.29, 1.82) is 0 Å². The second-order valence-electron chi connectivity index (χ2n) is 7.50. The van der Waals surface area contributed by atoms with Gasteiger partial charge >= 0.3 is 12.2 Å². The van der Waals surface area contributed by atoms with Crippen molar-refractivity contribution in [3.05, 3.63) is 82.6 Å². The Labute approximate surface area is 212 Å². The molecule has 0 atom stereocenters. The summed E-state index contributed by atoms with van der Waals surface area (Å²) in [7, 11) is 1.53. The Hall–Kier alpha value is -3.83. The number of carbonyl (C=O) groups excluding carboxylic acids is 2. The summed E-state index contributed by atoms with van der Waals surface area (Å²) in [5, 5.41) is 8.54. The summed E-state index contributed by atoms with van der Waals surface area (Å²) in [6.07, 6.45) is -3.04. The number of halogens is 4. The van der Waals surface area contributed by atoms with Gasteiger partial charge in [0.25, 0.3) is 5.91 Å². The SMILES string of the molecule is CNC(=O)c1cc(COc2ccc3cc(NC(=O)Nc4ccc(C(F)(F)F)c(Cl)c4)sc3c2)ccn1. The van der Waals surface area contributed by atoms with E-state index in [9.17, 15) is 22.8 Å². The van der Waals surface area contributed by atoms with Crippen LogP contribution in [0, 0.1) is 0 Å². The van der Waals surface area contributed by atoms with Crippen LogP contribution in [-0.2, 0) is 12.8 Å². The highest BCUT2D eigenvalue weighted by molar-refractivity contribution is 7.23. The smallest absolute Gasteiger partial charge is 0.417 e. The molecule has 0 unspecified atom stereocenters. The third kappa shape index (κ3) is 6.04. The fourth-order valence-electron chi connectivity index (χ4n) is 3.24. The molecule has 36 heavy (non-hydrogen) atoms. The molecule has 3 N–H and O–H groups in total. The van der Waals surface area contributed by atoms with Gasteiger partial charge in [-0.3, -0.25) is 15.1 Å². The summed E-state index contributed by atoms with van der Waals surface area (Å²) in [5.41, 5.74) is 0.212. The van der Waals surface area contributed by atoms with Gasteiger partial charge in [-0.25, -0.2) is 4.79 Å². The number of hydrogen-bond donors (Lipinski definition) is 3. The highest BCUT2D eigenvalue weighted by atomic mass is 35.5. The monoisotopic (exact) mass is 534 g/mol. The number of carbonyl (C=O) groups is 2. The molecule has 3 amide bonds. The molecule has 2 heterocycles. The third-order valence-electron chi connectivity index (χ3n) is 4.95. The first kappa shape index (κ1) is 25.3. The van der Waals surface area contributed by atoms with E-state index < -0.39 is 22.8 Å². The molecule has 4 rings (SSSR count). The summed E-state index contributed by atoms with van der Waals surface area (Å²) in [5.74, 6) is 0.306. The first-order valence-corrected chi connectivity index (χ1v) is 11.6. The predicted octanol–water partition coefficient (Wildman–Crippen LogP) is 6.55. The molecule has 0 saturated heterocycles. The number of urea groups is 1. The van der Waals surface area contributed by atoms with Crippen LogP contribution >= 0.6 is 22.9 Å². The minimum atomic E-state index is -4.58. The zero-order valence-corrected chi connectivity index (χ0v) is 20.1. The zero-order chi connectivity index (χ0) is 25.9. The van der Waals surface area contributed by atoms with E-state index in [0.717, 1.165) is 33.8 Å². The molecule has 0 spiro atoms. The number of aromatic nitrogens is 1. The maximum Gasteiger partial charge on any atom is 0.417 e. The van der Waals surface area contributed by atoms with E-state index in [1.165, 1.54) is 24.6 Å². The van der Waals surface area contributed by atoms with E-state index in [-0.39, 0.29) is 18.2 Å². The Morgan fingerprint density at radius 3 is 2.58 bits per heavy atom. The van der Waals surface area contributed by atoms with E-state index in [1.807, 2.05) is 12.1 Å². The first-order chi connectivity index (χ1) is 17.1. The number of rotatable bonds is 6. The maximum absolute atomic E-state index is 12.8. The van der Waals surface area contributed by atoms with Gasteiger partial charge in [0.05, 0.1) is 15.6 Å². The quantitative estimate of drug-likeness (QED) is 0.261. The molecule has 12 heteroatoms. The van der Waals surface area contributed by atoms with Gasteiger partial charge in [-0.05, 0) is 65.5 Å². The Kier molecular flexibility index (Phi) is 7.32. The van der Waals surface area contributed by atoms with Crippen LogP contribution < -0.4 is 20.7 Å². The number of alkyl halides is 3. The van der Waals surface area contributed by atoms with Crippen LogP contribution in [0.3, 0.4) is 0 Å². The molecular formula is C24H18ClF3N4O3S. The van der Waals surface area contributed by atoms with Gasteiger partial charge in [0, 0.05) is 23.6 Å².